The molecular weight excluding hydrogens is 786 g/mol. The Hall–Kier alpha value is -6.03. The molecule has 0 aliphatic carbocycles. The molecule has 0 saturated carbocycles. The van der Waals surface area contributed by atoms with Gasteiger partial charge < -0.3 is 69.7 Å². The summed E-state index contributed by atoms with van der Waals surface area (Å²) in [6, 6.07) is -3.58. The molecule has 1 unspecified atom stereocenters. The predicted molar refractivity (Wildman–Crippen MR) is 218 cm³/mol. The number of rotatable bonds is 26. The number of primary amides is 1. The standard InChI is InChI=1S/C38H63N11O11/c1-18(2)16-26(34(57)44-20(5)31(40)54)47-33(56)25(13-14-28(52)53)45-36(59)29(19(3)4)48-37(60)30(21(6)50)49-35(58)27(17-22-9-11-23(51)12-10-22)46-32(55)24(39)8-7-15-43-38(41)42/h9-12,18-21,24-27,29-30,50-51H,7-8,13-17,39H2,1-6H3,(H2,40,54)(H,44,57)(H,45,59)(H,46,55)(H,47,56)(H,48,60)(H,49,58)(H,52,53)(H4,41,42,43)/t20-,21?,24-,25-,26-,27-,29-,30-/m1/s1. The first-order valence-corrected chi connectivity index (χ1v) is 19.6. The molecule has 0 fully saturated rings. The predicted octanol–water partition coefficient (Wildman–Crippen LogP) is -3.11. The molecule has 1 aromatic rings. The lowest BCUT2D eigenvalue weighted by Gasteiger charge is -2.29. The smallest absolute Gasteiger partial charge is 0.303 e. The Balaban J connectivity index is 3.30. The molecule has 22 heteroatoms. The zero-order chi connectivity index (χ0) is 45.9. The van der Waals surface area contributed by atoms with Gasteiger partial charge in [0.1, 0.15) is 42.0 Å². The van der Waals surface area contributed by atoms with E-state index in [2.05, 4.69) is 37.2 Å². The molecule has 0 aliphatic heterocycles. The van der Waals surface area contributed by atoms with Gasteiger partial charge in [-0.3, -0.25) is 43.8 Å². The number of hydrogen-bond donors (Lipinski definition) is 14. The fourth-order valence-corrected chi connectivity index (χ4v) is 5.63. The number of aliphatic hydroxyl groups is 1. The van der Waals surface area contributed by atoms with E-state index < -0.39 is 114 Å². The van der Waals surface area contributed by atoms with Crippen molar-refractivity contribution in [3.8, 4) is 5.75 Å². The van der Waals surface area contributed by atoms with Gasteiger partial charge in [0, 0.05) is 19.4 Å². The summed E-state index contributed by atoms with van der Waals surface area (Å²) < 4.78 is 0. The Bertz CT molecular complexity index is 1660. The van der Waals surface area contributed by atoms with Crippen molar-refractivity contribution in [2.24, 2.45) is 29.0 Å². The minimum absolute atomic E-state index is 0.0529. The molecule has 1 aromatic carbocycles. The number of carboxylic acids is 1. The number of aromatic hydroxyl groups is 1. The summed E-state index contributed by atoms with van der Waals surface area (Å²) >= 11 is 0. The number of nitrogens with one attached hydrogen (secondary N) is 8. The SMILES string of the molecule is CC(C)C[C@@H](NC(=O)[C@@H](CCC(=O)O)NC(=O)[C@H](NC(=O)[C@H](NC(=O)[C@@H](Cc1ccc(O)cc1)NC(=O)[C@H](N)CCCNC(=N)N)C(C)O)C(C)C)C(=O)N[C@H](C)C(N)=O. The fourth-order valence-electron chi connectivity index (χ4n) is 5.63. The highest BCUT2D eigenvalue weighted by atomic mass is 16.4. The number of carbonyl (C=O) groups is 8. The van der Waals surface area contributed by atoms with Crippen LogP contribution in [-0.2, 0) is 44.8 Å². The fraction of sp³-hybridized carbons (Fsp3) is 0.605. The van der Waals surface area contributed by atoms with Crippen LogP contribution in [0.5, 0.6) is 5.75 Å². The zero-order valence-corrected chi connectivity index (χ0v) is 34.9. The number of carboxylic acid groups (broad SMARTS) is 1. The van der Waals surface area contributed by atoms with Gasteiger partial charge in [0.2, 0.25) is 41.4 Å². The van der Waals surface area contributed by atoms with E-state index in [1.54, 1.807) is 27.7 Å². The topological polar surface area (TPSA) is 383 Å². The molecule has 7 amide bonds. The molecule has 1 rings (SSSR count). The second-order valence-electron chi connectivity index (χ2n) is 15.3. The van der Waals surface area contributed by atoms with Crippen LogP contribution in [0.25, 0.3) is 0 Å². The first-order valence-electron chi connectivity index (χ1n) is 19.6. The Kier molecular flexibility index (Phi) is 22.1. The van der Waals surface area contributed by atoms with E-state index in [-0.39, 0.29) is 43.4 Å². The Labute approximate surface area is 348 Å². The molecule has 0 saturated heterocycles. The Morgan fingerprint density at radius 2 is 1.20 bits per heavy atom. The molecule has 0 bridgehead atoms. The van der Waals surface area contributed by atoms with Crippen molar-refractivity contribution in [2.75, 3.05) is 6.54 Å². The average molecular weight is 850 g/mol. The van der Waals surface area contributed by atoms with Crippen LogP contribution in [0, 0.1) is 17.2 Å². The van der Waals surface area contributed by atoms with Gasteiger partial charge in [-0.1, -0.05) is 39.8 Å². The van der Waals surface area contributed by atoms with Gasteiger partial charge in [0.15, 0.2) is 5.96 Å². The van der Waals surface area contributed by atoms with Gasteiger partial charge >= 0.3 is 5.97 Å². The first-order chi connectivity index (χ1) is 27.9. The number of benzene rings is 1. The third kappa shape index (κ3) is 19.1. The van der Waals surface area contributed by atoms with Crippen molar-refractivity contribution in [3.63, 3.8) is 0 Å². The summed E-state index contributed by atoms with van der Waals surface area (Å²) in [6.45, 7) is 9.47. The van der Waals surface area contributed by atoms with Gasteiger partial charge in [-0.15, -0.1) is 0 Å². The van der Waals surface area contributed by atoms with E-state index >= 15 is 0 Å². The summed E-state index contributed by atoms with van der Waals surface area (Å²) in [5, 5.41) is 54.4. The van der Waals surface area contributed by atoms with Crippen molar-refractivity contribution in [3.05, 3.63) is 29.8 Å². The van der Waals surface area contributed by atoms with Crippen LogP contribution in [0.4, 0.5) is 0 Å². The maximum absolute atomic E-state index is 13.7. The van der Waals surface area contributed by atoms with Crippen molar-refractivity contribution in [2.45, 2.75) is 128 Å². The van der Waals surface area contributed by atoms with Crippen LogP contribution < -0.4 is 54.4 Å². The number of carbonyl (C=O) groups excluding carboxylic acids is 7. The summed E-state index contributed by atoms with van der Waals surface area (Å²) in [5.41, 5.74) is 17.1. The molecule has 0 radical (unpaired) electrons. The monoisotopic (exact) mass is 849 g/mol. The van der Waals surface area contributed by atoms with Crippen LogP contribution >= 0.6 is 0 Å². The summed E-state index contributed by atoms with van der Waals surface area (Å²) in [5.74, 6) is -8.49. The van der Waals surface area contributed by atoms with Gasteiger partial charge in [0.05, 0.1) is 12.1 Å². The lowest BCUT2D eigenvalue weighted by molar-refractivity contribution is -0.139. The Morgan fingerprint density at radius 1 is 0.683 bits per heavy atom. The number of nitrogens with two attached hydrogens (primary N) is 3. The summed E-state index contributed by atoms with van der Waals surface area (Å²) in [6.07, 6.45) is -2.07. The average Bonchev–Trinajstić information content (AvgIpc) is 3.15. The third-order valence-corrected chi connectivity index (χ3v) is 9.07. The van der Waals surface area contributed by atoms with Crippen LogP contribution in [0.2, 0.25) is 0 Å². The van der Waals surface area contributed by atoms with E-state index in [4.69, 9.17) is 22.6 Å². The highest BCUT2D eigenvalue weighted by Crippen LogP contribution is 2.13. The van der Waals surface area contributed by atoms with Crippen molar-refractivity contribution < 1.29 is 53.7 Å². The molecule has 17 N–H and O–H groups in total. The quantitative estimate of drug-likeness (QED) is 0.0249. The van der Waals surface area contributed by atoms with E-state index in [9.17, 15) is 53.7 Å². The number of amides is 7. The number of phenols is 1. The Morgan fingerprint density at radius 3 is 1.72 bits per heavy atom. The van der Waals surface area contributed by atoms with Crippen LogP contribution in [0.3, 0.4) is 0 Å². The van der Waals surface area contributed by atoms with E-state index in [0.29, 0.717) is 12.0 Å². The van der Waals surface area contributed by atoms with Crippen LogP contribution in [0.1, 0.15) is 79.2 Å². The molecule has 0 aromatic heterocycles. The normalized spacial score (nSPS) is 15.1. The maximum Gasteiger partial charge on any atom is 0.303 e. The summed E-state index contributed by atoms with van der Waals surface area (Å²) in [4.78, 5) is 104. The number of aliphatic carboxylic acids is 1. The van der Waals surface area contributed by atoms with Crippen LogP contribution in [-0.4, -0.2) is 124 Å². The lowest BCUT2D eigenvalue weighted by Crippen LogP contribution is -2.62. The first kappa shape index (κ1) is 52.0. The van der Waals surface area contributed by atoms with E-state index in [1.165, 1.54) is 38.1 Å². The second kappa shape index (κ2) is 25.5. The molecule has 0 heterocycles. The van der Waals surface area contributed by atoms with E-state index in [0.717, 1.165) is 0 Å². The van der Waals surface area contributed by atoms with Crippen LogP contribution in [0.15, 0.2) is 24.3 Å². The molecule has 0 aliphatic rings. The maximum atomic E-state index is 13.7. The van der Waals surface area contributed by atoms with Gasteiger partial charge in [0.25, 0.3) is 0 Å². The highest BCUT2D eigenvalue weighted by Gasteiger charge is 2.36. The molecule has 336 valence electrons. The molecule has 8 atom stereocenters. The van der Waals surface area contributed by atoms with Crippen molar-refractivity contribution in [1.29, 1.82) is 5.41 Å². The minimum Gasteiger partial charge on any atom is -0.508 e. The van der Waals surface area contributed by atoms with Gasteiger partial charge in [-0.05, 0) is 69.1 Å². The number of hydrogen-bond acceptors (Lipinski definition) is 12. The molecule has 0 spiro atoms. The molecular formula is C38H63N11O11. The highest BCUT2D eigenvalue weighted by molar-refractivity contribution is 5.97. The number of phenolic OH excluding ortho intramolecular Hbond substituents is 1. The lowest BCUT2D eigenvalue weighted by atomic mass is 9.99. The molecule has 60 heavy (non-hydrogen) atoms. The van der Waals surface area contributed by atoms with E-state index in [1.807, 2.05) is 0 Å². The van der Waals surface area contributed by atoms with Crippen molar-refractivity contribution >= 4 is 53.3 Å². The number of aliphatic hydroxyl groups excluding tert-OH is 1. The summed E-state index contributed by atoms with van der Waals surface area (Å²) in [7, 11) is 0. The van der Waals surface area contributed by atoms with Crippen molar-refractivity contribution in [1.82, 2.24) is 37.2 Å². The molecule has 22 nitrogen and oxygen atoms in total. The minimum atomic E-state index is -1.69. The zero-order valence-electron chi connectivity index (χ0n) is 34.9. The third-order valence-electron chi connectivity index (χ3n) is 9.07. The largest absolute Gasteiger partial charge is 0.508 e. The van der Waals surface area contributed by atoms with Gasteiger partial charge in [-0.2, -0.15) is 0 Å². The second-order valence-corrected chi connectivity index (χ2v) is 15.3. The van der Waals surface area contributed by atoms with Gasteiger partial charge in [-0.25, -0.2) is 0 Å². The number of guanidine groups is 1.